The summed E-state index contributed by atoms with van der Waals surface area (Å²) in [5, 5.41) is 23.5. The number of rotatable bonds is 9. The number of aromatic hydroxyl groups is 1. The highest BCUT2D eigenvalue weighted by atomic mass is 19.1. The molecule has 1 aliphatic carbocycles. The lowest BCUT2D eigenvalue weighted by molar-refractivity contribution is 0.107. The lowest BCUT2D eigenvalue weighted by atomic mass is 9.95. The summed E-state index contributed by atoms with van der Waals surface area (Å²) in [6.45, 7) is 4.68. The van der Waals surface area contributed by atoms with Gasteiger partial charge in [0.25, 0.3) is 0 Å². The minimum absolute atomic E-state index is 0.0200. The summed E-state index contributed by atoms with van der Waals surface area (Å²) in [4.78, 5) is 33.3. The maximum Gasteiger partial charge on any atom is 0.319 e. The highest BCUT2D eigenvalue weighted by Crippen LogP contribution is 2.48. The van der Waals surface area contributed by atoms with Gasteiger partial charge < -0.3 is 34.6 Å². The minimum atomic E-state index is -0.884. The second-order valence-electron chi connectivity index (χ2n) is 15.2. The van der Waals surface area contributed by atoms with Crippen LogP contribution in [0.4, 0.5) is 23.8 Å². The van der Waals surface area contributed by atoms with E-state index in [-0.39, 0.29) is 80.9 Å². The molecule has 15 heteroatoms. The number of ether oxygens (including phenoxy) is 2. The Labute approximate surface area is 316 Å². The number of halogens is 3. The van der Waals surface area contributed by atoms with E-state index in [1.54, 1.807) is 11.8 Å². The van der Waals surface area contributed by atoms with Crippen LogP contribution < -0.4 is 19.7 Å². The molecule has 0 radical (unpaired) electrons. The van der Waals surface area contributed by atoms with Crippen LogP contribution in [0.25, 0.3) is 32.9 Å². The van der Waals surface area contributed by atoms with Gasteiger partial charge in [0, 0.05) is 49.1 Å². The van der Waals surface area contributed by atoms with Gasteiger partial charge in [-0.25, -0.2) is 22.9 Å². The van der Waals surface area contributed by atoms with E-state index in [9.17, 15) is 19.6 Å². The number of pyridine rings is 1. The second-order valence-corrected chi connectivity index (χ2v) is 15.2. The van der Waals surface area contributed by atoms with Crippen LogP contribution in [-0.4, -0.2) is 107 Å². The Balaban J connectivity index is 1.23. The number of nitrogens with zero attached hydrogens (tertiary/aromatic N) is 7. The second kappa shape index (κ2) is 14.3. The van der Waals surface area contributed by atoms with Gasteiger partial charge in [0.15, 0.2) is 5.82 Å². The number of phenolic OH excluding ortho intramolecular Hbond substituents is 1. The summed E-state index contributed by atoms with van der Waals surface area (Å²) in [6, 6.07) is 5.86. The fourth-order valence-corrected chi connectivity index (χ4v) is 8.45. The molecule has 3 unspecified atom stereocenters. The number of phenols is 1. The number of hydrogen-bond donors (Lipinski definition) is 2. The van der Waals surface area contributed by atoms with Gasteiger partial charge in [-0.2, -0.15) is 15.2 Å². The van der Waals surface area contributed by atoms with E-state index in [1.807, 2.05) is 11.0 Å². The molecule has 2 amide bonds. The number of terminal acetylenes is 1. The normalized spacial score (nSPS) is 21.3. The van der Waals surface area contributed by atoms with E-state index in [1.165, 1.54) is 31.4 Å². The zero-order chi connectivity index (χ0) is 38.6. The van der Waals surface area contributed by atoms with Crippen molar-refractivity contribution >= 4 is 33.5 Å². The first-order valence-electron chi connectivity index (χ1n) is 18.6. The summed E-state index contributed by atoms with van der Waals surface area (Å²) in [6.07, 6.45) is 9.23. The van der Waals surface area contributed by atoms with Crippen molar-refractivity contribution in [3.8, 4) is 47.3 Å². The molecule has 1 saturated carbocycles. The van der Waals surface area contributed by atoms with Crippen molar-refractivity contribution in [2.75, 3.05) is 51.3 Å². The highest BCUT2D eigenvalue weighted by Gasteiger charge is 2.46. The number of aromatic nitrogens is 3. The molecule has 2 aromatic carbocycles. The molecule has 2 aromatic heterocycles. The number of methoxy groups -OCH3 is 1. The summed E-state index contributed by atoms with van der Waals surface area (Å²) in [5.41, 5.74) is -0.683. The first-order chi connectivity index (χ1) is 26.5. The largest absolute Gasteiger partial charge is 0.508 e. The number of alkyl halides is 1. The van der Waals surface area contributed by atoms with E-state index in [2.05, 4.69) is 26.1 Å². The van der Waals surface area contributed by atoms with Crippen LogP contribution in [0.1, 0.15) is 51.0 Å². The third kappa shape index (κ3) is 6.75. The van der Waals surface area contributed by atoms with Crippen molar-refractivity contribution in [3.05, 3.63) is 41.5 Å². The van der Waals surface area contributed by atoms with Gasteiger partial charge in [-0.3, -0.25) is 0 Å². The molecule has 8 rings (SSSR count). The lowest BCUT2D eigenvalue weighted by Gasteiger charge is -2.41. The summed E-state index contributed by atoms with van der Waals surface area (Å²) in [5.74, 6) is 0.862. The summed E-state index contributed by atoms with van der Waals surface area (Å²) >= 11 is 0. The highest BCUT2D eigenvalue weighted by molar-refractivity contribution is 6.04. The number of piperazine rings is 1. The van der Waals surface area contributed by atoms with Crippen LogP contribution in [0.3, 0.4) is 0 Å². The average molecular weight is 755 g/mol. The van der Waals surface area contributed by atoms with Gasteiger partial charge in [-0.05, 0) is 69.0 Å². The number of carbonyl (C=O) groups excluding carboxylic acids is 1. The molecule has 5 heterocycles. The topological polar surface area (TPSA) is 140 Å². The minimum Gasteiger partial charge on any atom is -0.508 e. The first kappa shape index (κ1) is 36.4. The molecular formula is C40H41F3N8O4. The Bertz CT molecular complexity index is 2250. The number of likely N-dealkylation sites (tertiary alicyclic amines) is 1. The van der Waals surface area contributed by atoms with Crippen LogP contribution in [0.15, 0.2) is 24.3 Å². The summed E-state index contributed by atoms with van der Waals surface area (Å²) in [7, 11) is 1.38. The van der Waals surface area contributed by atoms with Crippen molar-refractivity contribution in [2.45, 2.75) is 69.7 Å². The number of benzene rings is 2. The number of anilines is 1. The molecule has 286 valence electrons. The molecule has 55 heavy (non-hydrogen) atoms. The lowest BCUT2D eigenvalue weighted by Crippen LogP contribution is -2.59. The van der Waals surface area contributed by atoms with Gasteiger partial charge in [0.1, 0.15) is 46.2 Å². The van der Waals surface area contributed by atoms with Gasteiger partial charge in [0.2, 0.25) is 5.88 Å². The monoisotopic (exact) mass is 754 g/mol. The zero-order valence-corrected chi connectivity index (χ0v) is 30.6. The van der Waals surface area contributed by atoms with Gasteiger partial charge in [-0.1, -0.05) is 12.0 Å². The number of nitrogens with one attached hydrogen (secondary N) is 1. The van der Waals surface area contributed by atoms with Crippen molar-refractivity contribution in [1.29, 1.82) is 5.26 Å². The van der Waals surface area contributed by atoms with Gasteiger partial charge in [-0.15, -0.1) is 6.42 Å². The summed E-state index contributed by atoms with van der Waals surface area (Å²) < 4.78 is 58.3. The van der Waals surface area contributed by atoms with Crippen molar-refractivity contribution < 1.29 is 32.5 Å². The van der Waals surface area contributed by atoms with E-state index in [0.717, 1.165) is 32.2 Å². The number of amides is 2. The maximum atomic E-state index is 17.3. The molecule has 4 fully saturated rings. The molecule has 2 N–H and O–H groups in total. The van der Waals surface area contributed by atoms with Crippen LogP contribution in [0.5, 0.6) is 17.6 Å². The fourth-order valence-electron chi connectivity index (χ4n) is 8.45. The molecule has 4 aliphatic rings. The fraction of sp³-hybridized carbons (Fsp3) is 0.475. The third-order valence-electron chi connectivity index (χ3n) is 11.4. The van der Waals surface area contributed by atoms with Crippen LogP contribution in [0, 0.1) is 40.7 Å². The molecule has 12 nitrogen and oxygen atoms in total. The predicted octanol–water partition coefficient (Wildman–Crippen LogP) is 5.69. The zero-order valence-electron chi connectivity index (χ0n) is 30.6. The van der Waals surface area contributed by atoms with Crippen molar-refractivity contribution in [2.24, 2.45) is 5.41 Å². The molecule has 2 bridgehead atoms. The molecule has 3 aliphatic heterocycles. The average Bonchev–Trinajstić information content (AvgIpc) is 3.89. The van der Waals surface area contributed by atoms with E-state index in [4.69, 9.17) is 20.9 Å². The quantitative estimate of drug-likeness (QED) is 0.205. The Morgan fingerprint density at radius 1 is 1.11 bits per heavy atom. The number of hydrogen-bond acceptors (Lipinski definition) is 10. The third-order valence-corrected chi connectivity index (χ3v) is 11.4. The first-order valence-corrected chi connectivity index (χ1v) is 18.6. The molecule has 3 atom stereocenters. The smallest absolute Gasteiger partial charge is 0.319 e. The van der Waals surface area contributed by atoms with Crippen molar-refractivity contribution in [3.63, 3.8) is 0 Å². The van der Waals surface area contributed by atoms with E-state index in [0.29, 0.717) is 50.2 Å². The van der Waals surface area contributed by atoms with Crippen molar-refractivity contribution in [1.82, 2.24) is 30.1 Å². The molecule has 3 saturated heterocycles. The van der Waals surface area contributed by atoms with E-state index >= 15 is 8.78 Å². The van der Waals surface area contributed by atoms with Crippen LogP contribution >= 0.6 is 0 Å². The standard InChI is InChI=1S/C40H41F3N8O4/c1-4-28-30(42)8-5-23-15-27(52)16-29(31(23)28)34-33(43)35-32(37(46-34)54-3)36(50-18-25-6-7-26(19-50)51(25)39(53)45-22(2)17-44)48-38(47-35)55-21-40(11-12-40)20-49-13-9-24(41)10-14-49/h1,5,8,15-16,22,24-26,52H,6-7,9-14,18-21H2,2-3H3,(H,45,53). The number of piperidine rings is 1. The number of nitriles is 1. The molecular weight excluding hydrogens is 713 g/mol. The van der Waals surface area contributed by atoms with Gasteiger partial charge in [0.05, 0.1) is 37.4 Å². The Morgan fingerprint density at radius 3 is 2.49 bits per heavy atom. The number of carbonyl (C=O) groups is 1. The Hall–Kier alpha value is -5.54. The molecule has 4 aromatic rings. The Kier molecular flexibility index (Phi) is 9.45. The van der Waals surface area contributed by atoms with Crippen LogP contribution in [-0.2, 0) is 0 Å². The van der Waals surface area contributed by atoms with Crippen LogP contribution in [0.2, 0.25) is 0 Å². The van der Waals surface area contributed by atoms with E-state index < -0.39 is 23.8 Å². The van der Waals surface area contributed by atoms with Gasteiger partial charge >= 0.3 is 12.0 Å². The predicted molar refractivity (Wildman–Crippen MR) is 199 cm³/mol. The SMILES string of the molecule is C#Cc1c(F)ccc2cc(O)cc(-c3nc(OC)c4c(N5CC6CCC(C5)N6C(=O)NC(C)C#N)nc(OCC5(CN6CCC(F)CC6)CC5)nc4c3F)c12. The Morgan fingerprint density at radius 2 is 1.84 bits per heavy atom. The number of urea groups is 1. The maximum absolute atomic E-state index is 17.3. The molecule has 0 spiro atoms. The number of fused-ring (bicyclic) bond motifs is 4.